The van der Waals surface area contributed by atoms with Gasteiger partial charge in [-0.1, -0.05) is 18.2 Å². The van der Waals surface area contributed by atoms with Crippen molar-refractivity contribution in [3.63, 3.8) is 0 Å². The smallest absolute Gasteiger partial charge is 0.416 e. The first-order valence-electron chi connectivity index (χ1n) is 7.41. The van der Waals surface area contributed by atoms with E-state index in [9.17, 15) is 18.0 Å². The zero-order valence-corrected chi connectivity index (χ0v) is 13.4. The van der Waals surface area contributed by atoms with E-state index < -0.39 is 23.4 Å². The lowest BCUT2D eigenvalue weighted by molar-refractivity contribution is -0.137. The molecule has 0 saturated carbocycles. The van der Waals surface area contributed by atoms with Crippen LogP contribution in [0.1, 0.15) is 44.2 Å². The third kappa shape index (κ3) is 4.74. The predicted molar refractivity (Wildman–Crippen MR) is 80.9 cm³/mol. The molecule has 0 saturated heterocycles. The molecule has 1 atom stereocenters. The summed E-state index contributed by atoms with van der Waals surface area (Å²) in [4.78, 5) is 13.4. The highest BCUT2D eigenvalue weighted by molar-refractivity contribution is 5.69. The predicted octanol–water partition coefficient (Wildman–Crippen LogP) is 4.94. The van der Waals surface area contributed by atoms with Crippen LogP contribution in [-0.2, 0) is 10.9 Å². The van der Waals surface area contributed by atoms with E-state index in [0.29, 0.717) is 13.0 Å². The molecule has 6 heteroatoms. The van der Waals surface area contributed by atoms with E-state index in [1.165, 1.54) is 17.0 Å². The highest BCUT2D eigenvalue weighted by Gasteiger charge is 2.30. The SMILES string of the molecule is CC(C)(C)OC(=O)N1C=C[C@H](c2ccc(C(F)(F)F)cc2)CC1. The normalized spacial score (nSPS) is 18.9. The maximum Gasteiger partial charge on any atom is 0.416 e. The van der Waals surface area contributed by atoms with Crippen LogP contribution in [0.3, 0.4) is 0 Å². The van der Waals surface area contributed by atoms with Crippen LogP contribution in [0.4, 0.5) is 18.0 Å². The Kier molecular flexibility index (Phi) is 4.73. The lowest BCUT2D eigenvalue weighted by atomic mass is 9.93. The van der Waals surface area contributed by atoms with E-state index in [-0.39, 0.29) is 5.92 Å². The molecule has 126 valence electrons. The number of halogens is 3. The van der Waals surface area contributed by atoms with Crippen LogP contribution in [0, 0.1) is 0 Å². The second-order valence-corrected chi connectivity index (χ2v) is 6.53. The zero-order valence-electron chi connectivity index (χ0n) is 13.4. The number of alkyl halides is 3. The van der Waals surface area contributed by atoms with E-state index in [4.69, 9.17) is 4.74 Å². The number of hydrogen-bond donors (Lipinski definition) is 0. The van der Waals surface area contributed by atoms with Crippen molar-refractivity contribution in [2.24, 2.45) is 0 Å². The number of carbonyl (C=O) groups excluding carboxylic acids is 1. The number of allylic oxidation sites excluding steroid dienone is 1. The Balaban J connectivity index is 2.03. The van der Waals surface area contributed by atoms with Crippen LogP contribution < -0.4 is 0 Å². The van der Waals surface area contributed by atoms with Gasteiger partial charge < -0.3 is 4.74 Å². The molecule has 0 radical (unpaired) electrons. The molecular formula is C17H20F3NO2. The molecule has 0 N–H and O–H groups in total. The molecule has 2 rings (SSSR count). The molecule has 0 spiro atoms. The van der Waals surface area contributed by atoms with Crippen LogP contribution in [-0.4, -0.2) is 23.1 Å². The van der Waals surface area contributed by atoms with Gasteiger partial charge >= 0.3 is 12.3 Å². The first kappa shape index (κ1) is 17.4. The van der Waals surface area contributed by atoms with Crippen molar-refractivity contribution in [1.82, 2.24) is 4.90 Å². The van der Waals surface area contributed by atoms with Gasteiger partial charge in [-0.05, 0) is 44.9 Å². The Morgan fingerprint density at radius 3 is 2.22 bits per heavy atom. The minimum atomic E-state index is -4.32. The van der Waals surface area contributed by atoms with Gasteiger partial charge in [-0.15, -0.1) is 0 Å². The van der Waals surface area contributed by atoms with Gasteiger partial charge in [0.1, 0.15) is 5.60 Å². The van der Waals surface area contributed by atoms with Crippen molar-refractivity contribution in [1.29, 1.82) is 0 Å². The second-order valence-electron chi connectivity index (χ2n) is 6.53. The third-order valence-electron chi connectivity index (χ3n) is 3.47. The molecular weight excluding hydrogens is 307 g/mol. The topological polar surface area (TPSA) is 29.5 Å². The number of ether oxygens (including phenoxy) is 1. The van der Waals surface area contributed by atoms with Crippen LogP contribution in [0.15, 0.2) is 36.5 Å². The first-order chi connectivity index (χ1) is 10.6. The zero-order chi connectivity index (χ0) is 17.3. The average Bonchev–Trinajstić information content (AvgIpc) is 2.45. The average molecular weight is 327 g/mol. The lowest BCUT2D eigenvalue weighted by Gasteiger charge is -2.29. The van der Waals surface area contributed by atoms with Crippen LogP contribution in [0.2, 0.25) is 0 Å². The van der Waals surface area contributed by atoms with Crippen molar-refractivity contribution in [3.8, 4) is 0 Å². The van der Waals surface area contributed by atoms with E-state index in [0.717, 1.165) is 17.7 Å². The van der Waals surface area contributed by atoms with Crippen molar-refractivity contribution in [2.75, 3.05) is 6.54 Å². The Hall–Kier alpha value is -1.98. The maximum absolute atomic E-state index is 12.6. The van der Waals surface area contributed by atoms with Crippen molar-refractivity contribution in [3.05, 3.63) is 47.7 Å². The fourth-order valence-corrected chi connectivity index (χ4v) is 2.33. The molecule has 1 heterocycles. The van der Waals surface area contributed by atoms with Crippen LogP contribution in [0.25, 0.3) is 0 Å². The van der Waals surface area contributed by atoms with E-state index in [1.54, 1.807) is 27.0 Å². The van der Waals surface area contributed by atoms with Gasteiger partial charge in [0.05, 0.1) is 5.56 Å². The van der Waals surface area contributed by atoms with Gasteiger partial charge in [0.2, 0.25) is 0 Å². The molecule has 1 aromatic rings. The fourth-order valence-electron chi connectivity index (χ4n) is 2.33. The van der Waals surface area contributed by atoms with Crippen LogP contribution in [0.5, 0.6) is 0 Å². The van der Waals surface area contributed by atoms with Gasteiger partial charge in [-0.2, -0.15) is 13.2 Å². The first-order valence-corrected chi connectivity index (χ1v) is 7.41. The van der Waals surface area contributed by atoms with Crippen molar-refractivity contribution < 1.29 is 22.7 Å². The molecule has 0 bridgehead atoms. The summed E-state index contributed by atoms with van der Waals surface area (Å²) in [7, 11) is 0. The van der Waals surface area contributed by atoms with Crippen LogP contribution >= 0.6 is 0 Å². The summed E-state index contributed by atoms with van der Waals surface area (Å²) in [6.45, 7) is 5.85. The number of carbonyl (C=O) groups is 1. The number of nitrogens with zero attached hydrogens (tertiary/aromatic N) is 1. The highest BCUT2D eigenvalue weighted by atomic mass is 19.4. The third-order valence-corrected chi connectivity index (χ3v) is 3.47. The van der Waals surface area contributed by atoms with Crippen molar-refractivity contribution in [2.45, 2.75) is 44.9 Å². The molecule has 1 aliphatic rings. The summed E-state index contributed by atoms with van der Waals surface area (Å²) in [6, 6.07) is 5.15. The minimum absolute atomic E-state index is 0.00373. The van der Waals surface area contributed by atoms with Gasteiger partial charge in [0.15, 0.2) is 0 Å². The van der Waals surface area contributed by atoms with Gasteiger partial charge in [0.25, 0.3) is 0 Å². The highest BCUT2D eigenvalue weighted by Crippen LogP contribution is 2.32. The number of amides is 1. The van der Waals surface area contributed by atoms with Crippen molar-refractivity contribution >= 4 is 6.09 Å². The molecule has 1 aliphatic heterocycles. The van der Waals surface area contributed by atoms with E-state index in [1.807, 2.05) is 6.08 Å². The summed E-state index contributed by atoms with van der Waals surface area (Å²) in [5.41, 5.74) is -0.413. The lowest BCUT2D eigenvalue weighted by Crippen LogP contribution is -2.36. The molecule has 3 nitrogen and oxygen atoms in total. The van der Waals surface area contributed by atoms with Gasteiger partial charge in [-0.25, -0.2) is 4.79 Å². The minimum Gasteiger partial charge on any atom is -0.443 e. The molecule has 0 aromatic heterocycles. The van der Waals surface area contributed by atoms with Gasteiger partial charge in [0, 0.05) is 18.7 Å². The molecule has 0 unspecified atom stereocenters. The number of hydrogen-bond acceptors (Lipinski definition) is 2. The van der Waals surface area contributed by atoms with E-state index in [2.05, 4.69) is 0 Å². The standard InChI is InChI=1S/C17H20F3NO2/c1-16(2,3)23-15(22)21-10-8-13(9-11-21)12-4-6-14(7-5-12)17(18,19)20/h4-8,10,13H,9,11H2,1-3H3/t13-/m0/s1. The summed E-state index contributed by atoms with van der Waals surface area (Å²) in [5, 5.41) is 0. The summed E-state index contributed by atoms with van der Waals surface area (Å²) in [6.07, 6.45) is -0.648. The monoisotopic (exact) mass is 327 g/mol. The maximum atomic E-state index is 12.6. The Bertz CT molecular complexity index is 585. The molecule has 1 aromatic carbocycles. The van der Waals surface area contributed by atoms with E-state index >= 15 is 0 Å². The molecule has 1 amide bonds. The Morgan fingerprint density at radius 1 is 1.17 bits per heavy atom. The quantitative estimate of drug-likeness (QED) is 0.731. The fraction of sp³-hybridized carbons (Fsp3) is 0.471. The van der Waals surface area contributed by atoms with Gasteiger partial charge in [-0.3, -0.25) is 4.90 Å². The summed E-state index contributed by atoms with van der Waals surface area (Å²) < 4.78 is 43.0. The summed E-state index contributed by atoms with van der Waals surface area (Å²) in [5.74, 6) is -0.00373. The number of benzene rings is 1. The Morgan fingerprint density at radius 2 is 1.78 bits per heavy atom. The molecule has 0 aliphatic carbocycles. The summed E-state index contributed by atoms with van der Waals surface area (Å²) >= 11 is 0. The molecule has 0 fully saturated rings. The largest absolute Gasteiger partial charge is 0.443 e. The second kappa shape index (κ2) is 6.26. The Labute approximate surface area is 133 Å². The number of rotatable bonds is 1. The molecule has 23 heavy (non-hydrogen) atoms.